The topological polar surface area (TPSA) is 86.5 Å². The van der Waals surface area contributed by atoms with Crippen molar-refractivity contribution in [3.05, 3.63) is 53.7 Å². The number of hydrogen-bond acceptors (Lipinski definition) is 3. The number of aromatic nitrogens is 4. The van der Waals surface area contributed by atoms with Crippen LogP contribution in [0, 0.1) is 5.92 Å². The Bertz CT molecular complexity index is 938. The van der Waals surface area contributed by atoms with Gasteiger partial charge < -0.3 is 10.3 Å². The van der Waals surface area contributed by atoms with Gasteiger partial charge in [0.1, 0.15) is 0 Å². The molecule has 1 amide bonds. The average molecular weight is 347 g/mol. The van der Waals surface area contributed by atoms with E-state index in [0.29, 0.717) is 18.2 Å². The molecule has 1 fully saturated rings. The van der Waals surface area contributed by atoms with E-state index in [4.69, 9.17) is 0 Å². The van der Waals surface area contributed by atoms with Crippen LogP contribution in [0.1, 0.15) is 42.3 Å². The Balaban J connectivity index is 1.41. The number of fused-ring (bicyclic) bond motifs is 1. The van der Waals surface area contributed by atoms with Crippen LogP contribution in [0.2, 0.25) is 0 Å². The molecule has 2 aliphatic rings. The van der Waals surface area contributed by atoms with E-state index < -0.39 is 0 Å². The lowest BCUT2D eigenvalue weighted by molar-refractivity contribution is -0.120. The number of rotatable bonds is 4. The van der Waals surface area contributed by atoms with Gasteiger partial charge in [-0.3, -0.25) is 9.89 Å². The number of nitrogens with zero attached hydrogens (tertiary/aromatic N) is 2. The summed E-state index contributed by atoms with van der Waals surface area (Å²) in [6.07, 6.45) is 6.46. The first-order chi connectivity index (χ1) is 12.8. The second kappa shape index (κ2) is 6.12. The molecule has 5 rings (SSSR count). The Morgan fingerprint density at radius 2 is 2.00 bits per heavy atom. The third-order valence-corrected chi connectivity index (χ3v) is 5.44. The van der Waals surface area contributed by atoms with E-state index in [0.717, 1.165) is 41.1 Å². The van der Waals surface area contributed by atoms with Crippen molar-refractivity contribution in [1.29, 1.82) is 0 Å². The van der Waals surface area contributed by atoms with Crippen LogP contribution in [0.5, 0.6) is 0 Å². The molecule has 0 radical (unpaired) electrons. The third kappa shape index (κ3) is 2.71. The minimum Gasteiger partial charge on any atom is -0.348 e. The van der Waals surface area contributed by atoms with Crippen molar-refractivity contribution in [3.63, 3.8) is 0 Å². The van der Waals surface area contributed by atoms with Crippen molar-refractivity contribution in [1.82, 2.24) is 20.2 Å². The second-order valence-corrected chi connectivity index (χ2v) is 7.26. The molecule has 2 aliphatic carbocycles. The van der Waals surface area contributed by atoms with Gasteiger partial charge in [0.25, 0.3) is 0 Å². The Hall–Kier alpha value is -2.89. The first-order valence-electron chi connectivity index (χ1n) is 9.25. The van der Waals surface area contributed by atoms with Crippen molar-refractivity contribution < 1.29 is 4.79 Å². The number of benzene rings is 1. The van der Waals surface area contributed by atoms with Crippen molar-refractivity contribution in [2.75, 3.05) is 5.32 Å². The molecule has 3 N–H and O–H groups in total. The van der Waals surface area contributed by atoms with Crippen LogP contribution in [0.15, 0.2) is 36.7 Å². The number of amides is 1. The highest BCUT2D eigenvalue weighted by Gasteiger charge is 2.32. The van der Waals surface area contributed by atoms with Gasteiger partial charge in [0.05, 0.1) is 12.0 Å². The van der Waals surface area contributed by atoms with Gasteiger partial charge in [-0.05, 0) is 31.2 Å². The molecule has 6 heteroatoms. The van der Waals surface area contributed by atoms with Gasteiger partial charge in [-0.15, -0.1) is 0 Å². The number of hydrogen-bond donors (Lipinski definition) is 3. The quantitative estimate of drug-likeness (QED) is 0.676. The fourth-order valence-corrected chi connectivity index (χ4v) is 3.85. The first kappa shape index (κ1) is 15.4. The minimum atomic E-state index is -0.0485. The molecule has 0 aliphatic heterocycles. The summed E-state index contributed by atoms with van der Waals surface area (Å²) in [5.74, 6) is 1.17. The highest BCUT2D eigenvalue weighted by Crippen LogP contribution is 2.45. The molecule has 0 saturated heterocycles. The van der Waals surface area contributed by atoms with E-state index >= 15 is 0 Å². The van der Waals surface area contributed by atoms with Gasteiger partial charge >= 0.3 is 0 Å². The number of aryl methyl sites for hydroxylation is 1. The van der Waals surface area contributed by atoms with Crippen LogP contribution in [0.25, 0.3) is 11.1 Å². The van der Waals surface area contributed by atoms with Crippen LogP contribution < -0.4 is 5.32 Å². The number of H-pyrrole nitrogens is 2. The third-order valence-electron chi connectivity index (χ3n) is 5.44. The smallest absolute Gasteiger partial charge is 0.229 e. The fourth-order valence-electron chi connectivity index (χ4n) is 3.85. The molecule has 2 heterocycles. The molecule has 132 valence electrons. The van der Waals surface area contributed by atoms with Gasteiger partial charge in [0.2, 0.25) is 5.91 Å². The highest BCUT2D eigenvalue weighted by molar-refractivity contribution is 5.96. The van der Waals surface area contributed by atoms with Crippen LogP contribution >= 0.6 is 0 Å². The zero-order valence-electron chi connectivity index (χ0n) is 14.5. The lowest BCUT2D eigenvalue weighted by Gasteiger charge is -2.20. The fraction of sp³-hybridized carbons (Fsp3) is 0.350. The number of aromatic amines is 2. The maximum absolute atomic E-state index is 12.9. The predicted octanol–water partition coefficient (Wildman–Crippen LogP) is 3.42. The van der Waals surface area contributed by atoms with E-state index in [-0.39, 0.29) is 11.8 Å². The van der Waals surface area contributed by atoms with Crippen LogP contribution in [-0.2, 0) is 17.6 Å². The number of anilines is 1. The van der Waals surface area contributed by atoms with Gasteiger partial charge in [-0.2, -0.15) is 5.10 Å². The van der Waals surface area contributed by atoms with Gasteiger partial charge in [0, 0.05) is 35.2 Å². The Morgan fingerprint density at radius 3 is 2.81 bits per heavy atom. The second-order valence-electron chi connectivity index (χ2n) is 7.26. The predicted molar refractivity (Wildman–Crippen MR) is 98.7 cm³/mol. The minimum absolute atomic E-state index is 0.0382. The zero-order valence-corrected chi connectivity index (χ0v) is 14.5. The number of carbonyl (C=O) groups is 1. The zero-order chi connectivity index (χ0) is 17.5. The molecule has 1 aromatic carbocycles. The standard InChI is InChI=1S/C20H21N5O/c26-20(14-8-9-15-16(10-14)22-11-21-15)23-19-17(12-4-2-1-3-5-12)18(24-25-19)13-6-7-13/h1-5,11,13-14H,6-10H2,(H,21,22)(H2,23,24,25,26). The Labute approximate surface area is 151 Å². The molecule has 1 atom stereocenters. The van der Waals surface area contributed by atoms with E-state index in [1.165, 1.54) is 12.8 Å². The summed E-state index contributed by atoms with van der Waals surface area (Å²) < 4.78 is 0. The van der Waals surface area contributed by atoms with Crippen LogP contribution in [0.4, 0.5) is 5.82 Å². The molecule has 26 heavy (non-hydrogen) atoms. The SMILES string of the molecule is O=C(Nc1n[nH]c(C2CC2)c1-c1ccccc1)C1CCc2nc[nH]c2C1. The molecule has 6 nitrogen and oxygen atoms in total. The van der Waals surface area contributed by atoms with E-state index in [2.05, 4.69) is 37.6 Å². The first-order valence-corrected chi connectivity index (χ1v) is 9.25. The molecule has 2 aromatic heterocycles. The summed E-state index contributed by atoms with van der Waals surface area (Å²) in [5, 5.41) is 10.7. The summed E-state index contributed by atoms with van der Waals surface area (Å²) in [4.78, 5) is 20.3. The van der Waals surface area contributed by atoms with Crippen LogP contribution in [-0.4, -0.2) is 26.1 Å². The average Bonchev–Trinajstić information content (AvgIpc) is 3.26. The van der Waals surface area contributed by atoms with E-state index in [1.54, 1.807) is 6.33 Å². The lowest BCUT2D eigenvalue weighted by atomic mass is 9.89. The van der Waals surface area contributed by atoms with Crippen molar-refractivity contribution in [3.8, 4) is 11.1 Å². The lowest BCUT2D eigenvalue weighted by Crippen LogP contribution is -2.28. The Morgan fingerprint density at radius 1 is 1.15 bits per heavy atom. The van der Waals surface area contributed by atoms with E-state index in [9.17, 15) is 4.79 Å². The van der Waals surface area contributed by atoms with Gasteiger partial charge in [-0.25, -0.2) is 4.98 Å². The molecule has 1 saturated carbocycles. The molecule has 0 spiro atoms. The summed E-state index contributed by atoms with van der Waals surface area (Å²) in [6.45, 7) is 0. The normalized spacial score (nSPS) is 19.2. The van der Waals surface area contributed by atoms with Crippen LogP contribution in [0.3, 0.4) is 0 Å². The molecular weight excluding hydrogens is 326 g/mol. The summed E-state index contributed by atoms with van der Waals surface area (Å²) >= 11 is 0. The molecular formula is C20H21N5O. The summed E-state index contributed by atoms with van der Waals surface area (Å²) in [6, 6.07) is 10.2. The van der Waals surface area contributed by atoms with Crippen molar-refractivity contribution in [2.45, 2.75) is 38.0 Å². The number of carbonyl (C=O) groups excluding carboxylic acids is 1. The molecule has 1 unspecified atom stereocenters. The Kier molecular flexibility index (Phi) is 3.62. The highest BCUT2D eigenvalue weighted by atomic mass is 16.2. The van der Waals surface area contributed by atoms with Gasteiger partial charge in [0.15, 0.2) is 5.82 Å². The van der Waals surface area contributed by atoms with Gasteiger partial charge in [-0.1, -0.05) is 30.3 Å². The largest absolute Gasteiger partial charge is 0.348 e. The monoisotopic (exact) mass is 347 g/mol. The molecule has 0 bridgehead atoms. The van der Waals surface area contributed by atoms with Crippen molar-refractivity contribution in [2.24, 2.45) is 5.92 Å². The van der Waals surface area contributed by atoms with E-state index in [1.807, 2.05) is 18.2 Å². The number of imidazole rings is 1. The summed E-state index contributed by atoms with van der Waals surface area (Å²) in [5.41, 5.74) is 5.46. The molecule has 3 aromatic rings. The van der Waals surface area contributed by atoms with Crippen molar-refractivity contribution >= 4 is 11.7 Å². The maximum atomic E-state index is 12.9. The number of nitrogens with one attached hydrogen (secondary N) is 3. The summed E-state index contributed by atoms with van der Waals surface area (Å²) in [7, 11) is 0. The maximum Gasteiger partial charge on any atom is 0.229 e.